The lowest BCUT2D eigenvalue weighted by Crippen LogP contribution is -2.41. The van der Waals surface area contributed by atoms with Crippen LogP contribution in [0, 0.1) is 5.82 Å². The van der Waals surface area contributed by atoms with Crippen LogP contribution in [0.3, 0.4) is 0 Å². The maximum Gasteiger partial charge on any atom is 0.329 e. The number of nitrogens with one attached hydrogen (secondary N) is 2. The molecule has 164 valence electrons. The van der Waals surface area contributed by atoms with Crippen LogP contribution < -0.4 is 15.4 Å². The first-order chi connectivity index (χ1) is 14.7. The summed E-state index contributed by atoms with van der Waals surface area (Å²) in [6, 6.07) is 9.54. The third-order valence-corrected chi connectivity index (χ3v) is 4.42. The lowest BCUT2D eigenvalue weighted by molar-refractivity contribution is -0.155. The van der Waals surface area contributed by atoms with Crippen molar-refractivity contribution in [1.82, 2.24) is 5.32 Å². The predicted molar refractivity (Wildman–Crippen MR) is 115 cm³/mol. The number of anilines is 1. The number of hydrogen-bond donors (Lipinski definition) is 2. The fourth-order valence-electron chi connectivity index (χ4n) is 2.36. The summed E-state index contributed by atoms with van der Waals surface area (Å²) in [4.78, 5) is 36.4. The van der Waals surface area contributed by atoms with Gasteiger partial charge in [0.1, 0.15) is 17.6 Å². The van der Waals surface area contributed by atoms with Gasteiger partial charge in [-0.05, 0) is 55.8 Å². The van der Waals surface area contributed by atoms with Gasteiger partial charge >= 0.3 is 5.97 Å². The molecule has 1 unspecified atom stereocenters. The SMILES string of the molecule is COc1ccc(C=CC(=O)N[C@@H](C)C(=O)OC(C)C(=O)Nc2ccc(F)cc2Cl)cc1. The molecule has 0 spiro atoms. The largest absolute Gasteiger partial charge is 0.497 e. The van der Waals surface area contributed by atoms with Crippen molar-refractivity contribution in [3.8, 4) is 5.75 Å². The molecule has 0 radical (unpaired) electrons. The summed E-state index contributed by atoms with van der Waals surface area (Å²) >= 11 is 5.86. The molecule has 2 aromatic carbocycles. The van der Waals surface area contributed by atoms with E-state index in [4.69, 9.17) is 21.1 Å². The van der Waals surface area contributed by atoms with E-state index in [0.717, 1.165) is 17.7 Å². The second-order valence-electron chi connectivity index (χ2n) is 6.53. The molecule has 2 aromatic rings. The van der Waals surface area contributed by atoms with Gasteiger partial charge in [-0.2, -0.15) is 0 Å². The molecule has 2 amide bonds. The molecule has 31 heavy (non-hydrogen) atoms. The van der Waals surface area contributed by atoms with Crippen LogP contribution in [-0.4, -0.2) is 37.0 Å². The van der Waals surface area contributed by atoms with Crippen molar-refractivity contribution in [2.24, 2.45) is 0 Å². The number of benzene rings is 2. The zero-order valence-electron chi connectivity index (χ0n) is 17.1. The maximum absolute atomic E-state index is 13.1. The number of ether oxygens (including phenoxy) is 2. The molecule has 0 saturated carbocycles. The summed E-state index contributed by atoms with van der Waals surface area (Å²) in [5.41, 5.74) is 0.955. The Morgan fingerprint density at radius 3 is 2.39 bits per heavy atom. The minimum absolute atomic E-state index is 0.0103. The Hall–Kier alpha value is -3.39. The van der Waals surface area contributed by atoms with Gasteiger partial charge in [0.25, 0.3) is 5.91 Å². The average molecular weight is 449 g/mol. The number of carbonyl (C=O) groups excluding carboxylic acids is 3. The molecule has 0 aromatic heterocycles. The molecule has 0 aliphatic carbocycles. The Morgan fingerprint density at radius 2 is 1.77 bits per heavy atom. The summed E-state index contributed by atoms with van der Waals surface area (Å²) in [5.74, 6) is -1.81. The minimum Gasteiger partial charge on any atom is -0.497 e. The van der Waals surface area contributed by atoms with Crippen molar-refractivity contribution in [3.63, 3.8) is 0 Å². The fraction of sp³-hybridized carbons (Fsp3) is 0.227. The van der Waals surface area contributed by atoms with Gasteiger partial charge in [0.15, 0.2) is 6.10 Å². The molecular weight excluding hydrogens is 427 g/mol. The lowest BCUT2D eigenvalue weighted by atomic mass is 10.2. The normalized spacial score (nSPS) is 12.7. The summed E-state index contributed by atoms with van der Waals surface area (Å²) in [5, 5.41) is 4.92. The van der Waals surface area contributed by atoms with Crippen molar-refractivity contribution in [3.05, 3.63) is 64.9 Å². The number of rotatable bonds is 8. The number of amides is 2. The number of esters is 1. The van der Waals surface area contributed by atoms with E-state index < -0.39 is 35.7 Å². The van der Waals surface area contributed by atoms with Crippen LogP contribution in [0.5, 0.6) is 5.75 Å². The van der Waals surface area contributed by atoms with Crippen molar-refractivity contribution in [2.75, 3.05) is 12.4 Å². The molecule has 0 bridgehead atoms. The molecule has 0 aliphatic rings. The van der Waals surface area contributed by atoms with Crippen LogP contribution in [0.25, 0.3) is 6.08 Å². The number of carbonyl (C=O) groups is 3. The molecule has 7 nitrogen and oxygen atoms in total. The van der Waals surface area contributed by atoms with E-state index in [9.17, 15) is 18.8 Å². The Balaban J connectivity index is 1.85. The van der Waals surface area contributed by atoms with Gasteiger partial charge in [0.2, 0.25) is 5.91 Å². The highest BCUT2D eigenvalue weighted by atomic mass is 35.5. The molecule has 0 saturated heterocycles. The monoisotopic (exact) mass is 448 g/mol. The van der Waals surface area contributed by atoms with Crippen LogP contribution in [0.1, 0.15) is 19.4 Å². The summed E-state index contributed by atoms with van der Waals surface area (Å²) in [7, 11) is 1.56. The Labute approximate surface area is 184 Å². The average Bonchev–Trinajstić information content (AvgIpc) is 2.74. The van der Waals surface area contributed by atoms with Crippen molar-refractivity contribution in [1.29, 1.82) is 0 Å². The Morgan fingerprint density at radius 1 is 1.10 bits per heavy atom. The van der Waals surface area contributed by atoms with Crippen LogP contribution in [0.15, 0.2) is 48.5 Å². The molecule has 2 rings (SSSR count). The second kappa shape index (κ2) is 11.1. The van der Waals surface area contributed by atoms with Gasteiger partial charge in [0.05, 0.1) is 17.8 Å². The minimum atomic E-state index is -1.16. The van der Waals surface area contributed by atoms with Crippen molar-refractivity contribution in [2.45, 2.75) is 26.0 Å². The molecule has 2 atom stereocenters. The summed E-state index contributed by atoms with van der Waals surface area (Å²) < 4.78 is 23.2. The van der Waals surface area contributed by atoms with E-state index in [1.165, 1.54) is 26.0 Å². The molecule has 0 heterocycles. The van der Waals surface area contributed by atoms with E-state index in [2.05, 4.69) is 10.6 Å². The highest BCUT2D eigenvalue weighted by Gasteiger charge is 2.23. The third kappa shape index (κ3) is 7.42. The van der Waals surface area contributed by atoms with Crippen LogP contribution in [0.4, 0.5) is 10.1 Å². The number of hydrogen-bond acceptors (Lipinski definition) is 5. The first-order valence-electron chi connectivity index (χ1n) is 9.28. The zero-order valence-corrected chi connectivity index (χ0v) is 17.9. The highest BCUT2D eigenvalue weighted by molar-refractivity contribution is 6.33. The number of methoxy groups -OCH3 is 1. The van der Waals surface area contributed by atoms with E-state index in [0.29, 0.717) is 5.75 Å². The van der Waals surface area contributed by atoms with Gasteiger partial charge in [-0.25, -0.2) is 9.18 Å². The molecule has 0 aliphatic heterocycles. The third-order valence-electron chi connectivity index (χ3n) is 4.11. The Kier molecular flexibility index (Phi) is 8.57. The van der Waals surface area contributed by atoms with Gasteiger partial charge in [-0.15, -0.1) is 0 Å². The Bertz CT molecular complexity index is 978. The highest BCUT2D eigenvalue weighted by Crippen LogP contribution is 2.22. The van der Waals surface area contributed by atoms with Gasteiger partial charge in [0, 0.05) is 6.08 Å². The van der Waals surface area contributed by atoms with E-state index in [1.807, 2.05) is 0 Å². The standard InChI is InChI=1S/C22H22ClFN2O5/c1-13(25-20(27)11-6-15-4-8-17(30-3)9-5-15)22(29)31-14(2)21(28)26-19-10-7-16(24)12-18(19)23/h4-14H,1-3H3,(H,25,27)(H,26,28)/t13-,14?/m0/s1. The maximum atomic E-state index is 13.1. The predicted octanol–water partition coefficient (Wildman–Crippen LogP) is 3.58. The van der Waals surface area contributed by atoms with E-state index >= 15 is 0 Å². The molecule has 0 fully saturated rings. The topological polar surface area (TPSA) is 93.7 Å². The molecule has 9 heteroatoms. The molecule has 2 N–H and O–H groups in total. The fourth-order valence-corrected chi connectivity index (χ4v) is 2.58. The van der Waals surface area contributed by atoms with Crippen LogP contribution in [-0.2, 0) is 19.1 Å². The zero-order chi connectivity index (χ0) is 23.0. The van der Waals surface area contributed by atoms with Gasteiger partial charge in [-0.1, -0.05) is 23.7 Å². The second-order valence-corrected chi connectivity index (χ2v) is 6.94. The molecular formula is C22H22ClFN2O5. The first kappa shape index (κ1) is 23.9. The first-order valence-corrected chi connectivity index (χ1v) is 9.66. The summed E-state index contributed by atoms with van der Waals surface area (Å²) in [6.07, 6.45) is 1.69. The van der Waals surface area contributed by atoms with Crippen LogP contribution >= 0.6 is 11.6 Å². The van der Waals surface area contributed by atoms with Crippen molar-refractivity contribution >= 4 is 41.1 Å². The smallest absolute Gasteiger partial charge is 0.329 e. The lowest BCUT2D eigenvalue weighted by Gasteiger charge is -2.17. The quantitative estimate of drug-likeness (QED) is 0.475. The van der Waals surface area contributed by atoms with Crippen molar-refractivity contribution < 1.29 is 28.2 Å². The van der Waals surface area contributed by atoms with Gasteiger partial charge < -0.3 is 20.1 Å². The van der Waals surface area contributed by atoms with Gasteiger partial charge in [-0.3, -0.25) is 9.59 Å². The number of halogens is 2. The van der Waals surface area contributed by atoms with E-state index in [1.54, 1.807) is 37.5 Å². The van der Waals surface area contributed by atoms with E-state index in [-0.39, 0.29) is 10.7 Å². The van der Waals surface area contributed by atoms with Crippen LogP contribution in [0.2, 0.25) is 5.02 Å². The summed E-state index contributed by atoms with van der Waals surface area (Å²) in [6.45, 7) is 2.80.